The molecule has 1 aromatic rings. The van der Waals surface area contributed by atoms with Crippen LogP contribution in [0.1, 0.15) is 23.2 Å². The van der Waals surface area contributed by atoms with Crippen molar-refractivity contribution in [2.24, 2.45) is 0 Å². The highest BCUT2D eigenvalue weighted by atomic mass is 16.2. The van der Waals surface area contributed by atoms with Crippen molar-refractivity contribution in [2.45, 2.75) is 18.9 Å². The number of aromatic nitrogens is 1. The summed E-state index contributed by atoms with van der Waals surface area (Å²) in [5.41, 5.74) is 0.356. The molecule has 1 saturated heterocycles. The number of carbonyl (C=O) groups excluding carboxylic acids is 3. The summed E-state index contributed by atoms with van der Waals surface area (Å²) in [5.74, 6) is -0.744. The van der Waals surface area contributed by atoms with Gasteiger partial charge in [-0.15, -0.1) is 0 Å². The highest BCUT2D eigenvalue weighted by Crippen LogP contribution is 2.12. The Kier molecular flexibility index (Phi) is 3.74. The van der Waals surface area contributed by atoms with Crippen molar-refractivity contribution in [3.63, 3.8) is 0 Å². The summed E-state index contributed by atoms with van der Waals surface area (Å²) >= 11 is 0. The maximum atomic E-state index is 12.1. The van der Waals surface area contributed by atoms with Crippen LogP contribution in [0.4, 0.5) is 5.82 Å². The number of nitrogens with one attached hydrogen (secondary N) is 3. The summed E-state index contributed by atoms with van der Waals surface area (Å²) in [7, 11) is 1.66. The molecule has 1 aliphatic heterocycles. The van der Waals surface area contributed by atoms with Gasteiger partial charge in [0.05, 0.1) is 5.56 Å². The first-order valence-corrected chi connectivity index (χ1v) is 5.89. The van der Waals surface area contributed by atoms with E-state index in [9.17, 15) is 14.4 Å². The Morgan fingerprint density at radius 1 is 1.47 bits per heavy atom. The fourth-order valence-electron chi connectivity index (χ4n) is 1.86. The predicted octanol–water partition coefficient (Wildman–Crippen LogP) is -0.342. The van der Waals surface area contributed by atoms with Crippen LogP contribution in [0.5, 0.6) is 0 Å². The van der Waals surface area contributed by atoms with Crippen LogP contribution in [-0.4, -0.2) is 35.8 Å². The largest absolute Gasteiger partial charge is 0.372 e. The van der Waals surface area contributed by atoms with Crippen molar-refractivity contribution in [3.8, 4) is 0 Å². The van der Waals surface area contributed by atoms with Gasteiger partial charge >= 0.3 is 0 Å². The molecule has 3 N–H and O–H groups in total. The van der Waals surface area contributed by atoms with E-state index in [4.69, 9.17) is 0 Å². The van der Waals surface area contributed by atoms with Crippen LogP contribution < -0.4 is 16.0 Å². The molecule has 0 aliphatic carbocycles. The summed E-state index contributed by atoms with van der Waals surface area (Å²) in [6.07, 6.45) is 2.10. The van der Waals surface area contributed by atoms with Gasteiger partial charge in [0.2, 0.25) is 11.8 Å². The van der Waals surface area contributed by atoms with Crippen molar-refractivity contribution < 1.29 is 14.4 Å². The summed E-state index contributed by atoms with van der Waals surface area (Å²) < 4.78 is 0. The molecule has 100 valence electrons. The van der Waals surface area contributed by atoms with E-state index in [-0.39, 0.29) is 12.3 Å². The van der Waals surface area contributed by atoms with Gasteiger partial charge in [0.25, 0.3) is 5.91 Å². The van der Waals surface area contributed by atoms with Crippen molar-refractivity contribution in [2.75, 3.05) is 12.4 Å². The van der Waals surface area contributed by atoms with Crippen molar-refractivity contribution in [1.29, 1.82) is 0 Å². The lowest BCUT2D eigenvalue weighted by Crippen LogP contribution is -2.52. The number of nitrogens with zero attached hydrogens (tertiary/aromatic N) is 1. The zero-order chi connectivity index (χ0) is 13.8. The highest BCUT2D eigenvalue weighted by Gasteiger charge is 2.28. The number of hydrogen-bond acceptors (Lipinski definition) is 5. The summed E-state index contributed by atoms with van der Waals surface area (Å²) in [6, 6.07) is 2.57. The van der Waals surface area contributed by atoms with Crippen LogP contribution in [0.2, 0.25) is 0 Å². The van der Waals surface area contributed by atoms with Crippen molar-refractivity contribution >= 4 is 23.5 Å². The smallest absolute Gasteiger partial charge is 0.255 e. The third-order valence-electron chi connectivity index (χ3n) is 2.83. The monoisotopic (exact) mass is 262 g/mol. The molecule has 0 spiro atoms. The second-order valence-corrected chi connectivity index (χ2v) is 4.13. The number of carbonyl (C=O) groups is 3. The van der Waals surface area contributed by atoms with Gasteiger partial charge in [0.15, 0.2) is 0 Å². The molecule has 0 bridgehead atoms. The zero-order valence-corrected chi connectivity index (χ0v) is 10.4. The van der Waals surface area contributed by atoms with E-state index < -0.39 is 17.9 Å². The third kappa shape index (κ3) is 2.87. The molecule has 0 aromatic carbocycles. The zero-order valence-electron chi connectivity index (χ0n) is 10.4. The van der Waals surface area contributed by atoms with Crippen LogP contribution >= 0.6 is 0 Å². The first-order chi connectivity index (χ1) is 9.11. The molecule has 2 rings (SSSR count). The lowest BCUT2D eigenvalue weighted by Gasteiger charge is -2.22. The molecule has 7 nitrogen and oxygen atoms in total. The Balaban J connectivity index is 2.09. The molecule has 3 amide bonds. The first-order valence-electron chi connectivity index (χ1n) is 5.89. The fraction of sp³-hybridized carbons (Fsp3) is 0.333. The number of amides is 3. The molecule has 2 heterocycles. The molecule has 1 fully saturated rings. The van der Waals surface area contributed by atoms with Gasteiger partial charge < -0.3 is 10.6 Å². The topological polar surface area (TPSA) is 100 Å². The van der Waals surface area contributed by atoms with Crippen LogP contribution in [0.3, 0.4) is 0 Å². The molecule has 0 saturated carbocycles. The molecule has 7 heteroatoms. The molecule has 19 heavy (non-hydrogen) atoms. The molecule has 0 radical (unpaired) electrons. The Morgan fingerprint density at radius 3 is 2.95 bits per heavy atom. The van der Waals surface area contributed by atoms with E-state index in [0.29, 0.717) is 17.8 Å². The van der Waals surface area contributed by atoms with E-state index in [0.717, 1.165) is 0 Å². The molecular formula is C12H14N4O3. The SMILES string of the molecule is CNc1ncccc1C(=O)NC1CCC(=O)NC1=O. The molecular weight excluding hydrogens is 248 g/mol. The van der Waals surface area contributed by atoms with Crippen LogP contribution in [0.25, 0.3) is 0 Å². The Bertz CT molecular complexity index is 529. The second kappa shape index (κ2) is 5.47. The van der Waals surface area contributed by atoms with Gasteiger partial charge in [-0.05, 0) is 18.6 Å². The van der Waals surface area contributed by atoms with E-state index in [1.165, 1.54) is 0 Å². The predicted molar refractivity (Wildman–Crippen MR) is 67.4 cm³/mol. The number of rotatable bonds is 3. The second-order valence-electron chi connectivity index (χ2n) is 4.13. The first kappa shape index (κ1) is 13.0. The molecule has 1 aromatic heterocycles. The molecule has 1 aliphatic rings. The van der Waals surface area contributed by atoms with Gasteiger partial charge in [0.1, 0.15) is 11.9 Å². The number of pyridine rings is 1. The van der Waals surface area contributed by atoms with E-state index >= 15 is 0 Å². The van der Waals surface area contributed by atoms with Crippen LogP contribution in [0, 0.1) is 0 Å². The minimum Gasteiger partial charge on any atom is -0.372 e. The van der Waals surface area contributed by atoms with Crippen molar-refractivity contribution in [1.82, 2.24) is 15.6 Å². The van der Waals surface area contributed by atoms with Gasteiger partial charge in [-0.1, -0.05) is 0 Å². The lowest BCUT2D eigenvalue weighted by atomic mass is 10.1. The maximum absolute atomic E-state index is 12.1. The minimum atomic E-state index is -0.685. The van der Waals surface area contributed by atoms with Crippen LogP contribution in [0.15, 0.2) is 18.3 Å². The minimum absolute atomic E-state index is 0.225. The van der Waals surface area contributed by atoms with Gasteiger partial charge in [-0.2, -0.15) is 0 Å². The molecule has 1 unspecified atom stereocenters. The Morgan fingerprint density at radius 2 is 2.26 bits per heavy atom. The Hall–Kier alpha value is -2.44. The normalized spacial score (nSPS) is 18.7. The lowest BCUT2D eigenvalue weighted by molar-refractivity contribution is -0.134. The average Bonchev–Trinajstić information content (AvgIpc) is 2.41. The van der Waals surface area contributed by atoms with Gasteiger partial charge in [-0.25, -0.2) is 4.98 Å². The number of hydrogen-bond donors (Lipinski definition) is 3. The van der Waals surface area contributed by atoms with Crippen LogP contribution in [-0.2, 0) is 9.59 Å². The summed E-state index contributed by atoms with van der Waals surface area (Å²) in [5, 5.41) is 7.59. The van der Waals surface area contributed by atoms with E-state index in [1.807, 2.05) is 0 Å². The number of piperidine rings is 1. The summed E-state index contributed by atoms with van der Waals surface area (Å²) in [6.45, 7) is 0. The van der Waals surface area contributed by atoms with E-state index in [2.05, 4.69) is 20.9 Å². The van der Waals surface area contributed by atoms with Gasteiger partial charge in [-0.3, -0.25) is 19.7 Å². The average molecular weight is 262 g/mol. The molecule has 1 atom stereocenters. The maximum Gasteiger partial charge on any atom is 0.255 e. The number of anilines is 1. The quantitative estimate of drug-likeness (QED) is 0.647. The van der Waals surface area contributed by atoms with Crippen molar-refractivity contribution in [3.05, 3.63) is 23.9 Å². The third-order valence-corrected chi connectivity index (χ3v) is 2.83. The fourth-order valence-corrected chi connectivity index (χ4v) is 1.86. The van der Waals surface area contributed by atoms with E-state index in [1.54, 1.807) is 25.4 Å². The Labute approximate surface area is 109 Å². The van der Waals surface area contributed by atoms with Gasteiger partial charge in [0, 0.05) is 19.7 Å². The highest BCUT2D eigenvalue weighted by molar-refractivity contribution is 6.05. The standard InChI is InChI=1S/C12H14N4O3/c1-13-10-7(3-2-6-14-10)11(18)15-8-4-5-9(17)16-12(8)19/h2-3,6,8H,4-5H2,1H3,(H,13,14)(H,15,18)(H,16,17,19). The summed E-state index contributed by atoms with van der Waals surface area (Å²) in [4.78, 5) is 38.6. The number of imide groups is 1.